The molecule has 2 aromatic rings. The van der Waals surface area contributed by atoms with E-state index in [0.29, 0.717) is 16.1 Å². The number of nitrogens with one attached hydrogen (secondary N) is 2. The van der Waals surface area contributed by atoms with Crippen LogP contribution in [0.5, 0.6) is 0 Å². The summed E-state index contributed by atoms with van der Waals surface area (Å²) in [6.45, 7) is 3.94. The van der Waals surface area contributed by atoms with E-state index in [0.717, 1.165) is 42.4 Å². The van der Waals surface area contributed by atoms with Gasteiger partial charge in [-0.2, -0.15) is 0 Å². The second kappa shape index (κ2) is 7.40. The Morgan fingerprint density at radius 2 is 1.80 bits per heavy atom. The highest BCUT2D eigenvalue weighted by atomic mass is 32.1. The van der Waals surface area contributed by atoms with Crippen LogP contribution in [-0.2, 0) is 12.8 Å². The van der Waals surface area contributed by atoms with Gasteiger partial charge >= 0.3 is 0 Å². The number of fused-ring (bicyclic) bond motifs is 1. The summed E-state index contributed by atoms with van der Waals surface area (Å²) in [5.74, 6) is -0.269. The molecule has 132 valence electrons. The molecule has 1 heterocycles. The van der Waals surface area contributed by atoms with Crippen molar-refractivity contribution in [1.29, 1.82) is 0 Å². The molecule has 1 aromatic carbocycles. The van der Waals surface area contributed by atoms with Crippen molar-refractivity contribution < 1.29 is 9.59 Å². The van der Waals surface area contributed by atoms with Crippen molar-refractivity contribution in [3.8, 4) is 0 Å². The van der Waals surface area contributed by atoms with Gasteiger partial charge < -0.3 is 10.6 Å². The Morgan fingerprint density at radius 1 is 1.04 bits per heavy atom. The summed E-state index contributed by atoms with van der Waals surface area (Å²) in [5.41, 5.74) is 4.50. The van der Waals surface area contributed by atoms with Crippen molar-refractivity contribution in [2.75, 3.05) is 12.4 Å². The molecule has 25 heavy (non-hydrogen) atoms. The van der Waals surface area contributed by atoms with Crippen LogP contribution in [0, 0.1) is 13.8 Å². The van der Waals surface area contributed by atoms with Gasteiger partial charge in [-0.1, -0.05) is 24.1 Å². The molecule has 3 rings (SSSR count). The Hall–Kier alpha value is -2.14. The van der Waals surface area contributed by atoms with Crippen LogP contribution in [0.3, 0.4) is 0 Å². The maximum absolute atomic E-state index is 12.8. The number of carbonyl (C=O) groups excluding carboxylic acids is 2. The number of carbonyl (C=O) groups is 2. The molecular formula is C20H24N2O2S. The first-order valence-corrected chi connectivity index (χ1v) is 9.58. The smallest absolute Gasteiger partial charge is 0.256 e. The topological polar surface area (TPSA) is 58.2 Å². The molecule has 1 aromatic heterocycles. The molecule has 4 nitrogen and oxygen atoms in total. The van der Waals surface area contributed by atoms with Crippen LogP contribution in [0.25, 0.3) is 0 Å². The lowest BCUT2D eigenvalue weighted by atomic mass is 10.0. The average molecular weight is 356 g/mol. The molecule has 2 N–H and O–H groups in total. The second-order valence-corrected chi connectivity index (χ2v) is 7.73. The van der Waals surface area contributed by atoms with E-state index in [1.54, 1.807) is 18.4 Å². The van der Waals surface area contributed by atoms with E-state index < -0.39 is 0 Å². The highest BCUT2D eigenvalue weighted by Crippen LogP contribution is 2.37. The van der Waals surface area contributed by atoms with Crippen LogP contribution in [0.15, 0.2) is 18.2 Å². The summed E-state index contributed by atoms with van der Waals surface area (Å²) < 4.78 is 0. The van der Waals surface area contributed by atoms with Gasteiger partial charge in [0.05, 0.1) is 5.56 Å². The fraction of sp³-hybridized carbons (Fsp3) is 0.400. The summed E-state index contributed by atoms with van der Waals surface area (Å²) in [7, 11) is 1.64. The van der Waals surface area contributed by atoms with Crippen molar-refractivity contribution >= 4 is 28.2 Å². The van der Waals surface area contributed by atoms with Gasteiger partial charge in [-0.05, 0) is 56.7 Å². The van der Waals surface area contributed by atoms with E-state index in [1.807, 2.05) is 32.0 Å². The highest BCUT2D eigenvalue weighted by molar-refractivity contribution is 7.17. The van der Waals surface area contributed by atoms with Crippen molar-refractivity contribution in [3.63, 3.8) is 0 Å². The van der Waals surface area contributed by atoms with Crippen LogP contribution in [-0.4, -0.2) is 18.9 Å². The predicted octanol–water partition coefficient (Wildman–Crippen LogP) is 4.25. The minimum Gasteiger partial charge on any atom is -0.355 e. The van der Waals surface area contributed by atoms with Crippen molar-refractivity contribution in [2.45, 2.75) is 46.0 Å². The van der Waals surface area contributed by atoms with Crippen molar-refractivity contribution in [2.24, 2.45) is 0 Å². The first-order chi connectivity index (χ1) is 12.0. The van der Waals surface area contributed by atoms with Crippen LogP contribution in [0.2, 0.25) is 0 Å². The predicted molar refractivity (Wildman–Crippen MR) is 103 cm³/mol. The van der Waals surface area contributed by atoms with Gasteiger partial charge in [-0.25, -0.2) is 0 Å². The molecular weight excluding hydrogens is 332 g/mol. The number of aryl methyl sites for hydroxylation is 3. The molecule has 0 atom stereocenters. The third kappa shape index (κ3) is 3.61. The molecule has 2 amide bonds. The van der Waals surface area contributed by atoms with Gasteiger partial charge in [0.25, 0.3) is 11.8 Å². The molecule has 0 aliphatic heterocycles. The Bertz CT molecular complexity index is 823. The highest BCUT2D eigenvalue weighted by Gasteiger charge is 2.25. The molecule has 0 radical (unpaired) electrons. The second-order valence-electron chi connectivity index (χ2n) is 6.62. The monoisotopic (exact) mass is 356 g/mol. The van der Waals surface area contributed by atoms with Crippen molar-refractivity contribution in [1.82, 2.24) is 5.32 Å². The Morgan fingerprint density at radius 3 is 2.52 bits per heavy atom. The first-order valence-electron chi connectivity index (χ1n) is 8.76. The van der Waals surface area contributed by atoms with E-state index in [1.165, 1.54) is 11.3 Å². The summed E-state index contributed by atoms with van der Waals surface area (Å²) in [4.78, 5) is 26.5. The maximum Gasteiger partial charge on any atom is 0.256 e. The molecule has 0 spiro atoms. The third-order valence-electron chi connectivity index (χ3n) is 4.73. The Kier molecular flexibility index (Phi) is 5.23. The van der Waals surface area contributed by atoms with Gasteiger partial charge in [-0.3, -0.25) is 9.59 Å². The third-order valence-corrected chi connectivity index (χ3v) is 5.94. The number of rotatable bonds is 3. The SMILES string of the molecule is CNC(=O)c1c(NC(=O)c2ccc(C)cc2C)sc2c1CCCCC2. The lowest BCUT2D eigenvalue weighted by Crippen LogP contribution is -2.22. The molecule has 0 saturated carbocycles. The number of hydrogen-bond donors (Lipinski definition) is 2. The zero-order valence-corrected chi connectivity index (χ0v) is 15.8. The lowest BCUT2D eigenvalue weighted by Gasteiger charge is -2.10. The summed E-state index contributed by atoms with van der Waals surface area (Å²) in [6.07, 6.45) is 5.33. The van der Waals surface area contributed by atoms with Gasteiger partial charge in [0.1, 0.15) is 5.00 Å². The lowest BCUT2D eigenvalue weighted by molar-refractivity contribution is 0.0963. The summed E-state index contributed by atoms with van der Waals surface area (Å²) >= 11 is 1.56. The molecule has 0 bridgehead atoms. The van der Waals surface area contributed by atoms with E-state index in [4.69, 9.17) is 0 Å². The molecule has 0 fully saturated rings. The normalized spacial score (nSPS) is 13.7. The van der Waals surface area contributed by atoms with E-state index in [9.17, 15) is 9.59 Å². The number of thiophene rings is 1. The summed E-state index contributed by atoms with van der Waals surface area (Å²) in [5, 5.41) is 6.40. The van der Waals surface area contributed by atoms with Gasteiger partial charge in [0.15, 0.2) is 0 Å². The minimum atomic E-state index is -0.154. The van der Waals surface area contributed by atoms with Gasteiger partial charge in [0, 0.05) is 17.5 Å². The standard InChI is InChI=1S/C20H24N2O2S/c1-12-9-10-14(13(2)11-12)18(23)22-20-17(19(24)21-3)15-7-5-4-6-8-16(15)25-20/h9-11H,4-8H2,1-3H3,(H,21,24)(H,22,23). The fourth-order valence-corrected chi connectivity index (χ4v) is 4.72. The largest absolute Gasteiger partial charge is 0.355 e. The molecule has 1 aliphatic carbocycles. The zero-order valence-electron chi connectivity index (χ0n) is 15.0. The number of anilines is 1. The zero-order chi connectivity index (χ0) is 18.0. The molecule has 1 aliphatic rings. The molecule has 0 unspecified atom stereocenters. The van der Waals surface area contributed by atoms with Gasteiger partial charge in [0.2, 0.25) is 0 Å². The maximum atomic E-state index is 12.8. The number of hydrogen-bond acceptors (Lipinski definition) is 3. The average Bonchev–Trinajstić information content (AvgIpc) is 2.75. The van der Waals surface area contributed by atoms with Crippen molar-refractivity contribution in [3.05, 3.63) is 50.9 Å². The fourth-order valence-electron chi connectivity index (χ4n) is 3.43. The quantitative estimate of drug-likeness (QED) is 0.808. The van der Waals surface area contributed by atoms with Gasteiger partial charge in [-0.15, -0.1) is 11.3 Å². The Labute approximate surface area is 152 Å². The van der Waals surface area contributed by atoms with E-state index >= 15 is 0 Å². The molecule has 0 saturated heterocycles. The van der Waals surface area contributed by atoms with E-state index in [2.05, 4.69) is 10.6 Å². The number of amides is 2. The molecule has 5 heteroatoms. The van der Waals surface area contributed by atoms with E-state index in [-0.39, 0.29) is 11.8 Å². The Balaban J connectivity index is 1.96. The van der Waals surface area contributed by atoms with Crippen LogP contribution < -0.4 is 10.6 Å². The number of benzene rings is 1. The van der Waals surface area contributed by atoms with Crippen LogP contribution in [0.4, 0.5) is 5.00 Å². The first kappa shape index (κ1) is 17.7. The summed E-state index contributed by atoms with van der Waals surface area (Å²) in [6, 6.07) is 5.78. The minimum absolute atomic E-state index is 0.115. The van der Waals surface area contributed by atoms with Crippen LogP contribution in [0.1, 0.15) is 61.5 Å². The van der Waals surface area contributed by atoms with Crippen LogP contribution >= 0.6 is 11.3 Å².